The first-order valence-corrected chi connectivity index (χ1v) is 7.15. The lowest BCUT2D eigenvalue weighted by Crippen LogP contribution is -2.35. The number of nitrogens with one attached hydrogen (secondary N) is 1. The molecule has 1 unspecified atom stereocenters. The number of hydrogen-bond acceptors (Lipinski definition) is 4. The zero-order valence-electron chi connectivity index (χ0n) is 9.53. The lowest BCUT2D eigenvalue weighted by Gasteiger charge is -2.25. The van der Waals surface area contributed by atoms with Crippen LogP contribution in [-0.4, -0.2) is 25.5 Å². The molecule has 0 bridgehead atoms. The van der Waals surface area contributed by atoms with Crippen LogP contribution in [0.25, 0.3) is 0 Å². The van der Waals surface area contributed by atoms with Crippen molar-refractivity contribution < 1.29 is 12.8 Å². The Balaban J connectivity index is 2.21. The van der Waals surface area contributed by atoms with Crippen molar-refractivity contribution in [1.82, 2.24) is 0 Å². The maximum atomic E-state index is 13.1. The zero-order valence-corrected chi connectivity index (χ0v) is 10.3. The Hall–Kier alpha value is -1.30. The predicted octanol–water partition coefficient (Wildman–Crippen LogP) is 1.40. The monoisotopic (exact) mass is 258 g/mol. The van der Waals surface area contributed by atoms with Gasteiger partial charge in [-0.3, -0.25) is 0 Å². The molecule has 2 rings (SSSR count). The number of rotatable bonds is 2. The quantitative estimate of drug-likeness (QED) is 0.786. The maximum Gasteiger partial charge on any atom is 0.152 e. The molecule has 0 spiro atoms. The van der Waals surface area contributed by atoms with Crippen LogP contribution in [-0.2, 0) is 9.84 Å². The van der Waals surface area contributed by atoms with E-state index >= 15 is 0 Å². The Morgan fingerprint density at radius 3 is 2.65 bits per heavy atom. The van der Waals surface area contributed by atoms with Gasteiger partial charge in [-0.2, -0.15) is 0 Å². The Morgan fingerprint density at radius 2 is 2.12 bits per heavy atom. The molecule has 6 heteroatoms. The van der Waals surface area contributed by atoms with Crippen molar-refractivity contribution in [2.75, 3.05) is 22.6 Å². The minimum atomic E-state index is -2.98. The van der Waals surface area contributed by atoms with Crippen LogP contribution in [0.4, 0.5) is 15.8 Å². The summed E-state index contributed by atoms with van der Waals surface area (Å²) in [5, 5.41) is 3.06. The maximum absolute atomic E-state index is 13.1. The van der Waals surface area contributed by atoms with Crippen LogP contribution in [0.5, 0.6) is 0 Å². The highest BCUT2D eigenvalue weighted by molar-refractivity contribution is 7.91. The molecule has 0 saturated carbocycles. The third-order valence-electron chi connectivity index (χ3n) is 2.87. The average Bonchev–Trinajstić information content (AvgIpc) is 2.37. The van der Waals surface area contributed by atoms with E-state index in [2.05, 4.69) is 5.32 Å². The third kappa shape index (κ3) is 2.88. The summed E-state index contributed by atoms with van der Waals surface area (Å²) in [5.74, 6) is -0.200. The zero-order chi connectivity index (χ0) is 12.7. The first-order valence-electron chi connectivity index (χ1n) is 5.33. The highest BCUT2D eigenvalue weighted by Gasteiger charge is 2.38. The molecule has 1 aliphatic rings. The van der Waals surface area contributed by atoms with Gasteiger partial charge in [0.05, 0.1) is 11.5 Å². The Bertz CT molecular complexity index is 524. The second kappa shape index (κ2) is 3.87. The SMILES string of the molecule is CC1(Nc2cc(N)cc(F)c2)CCS(=O)(=O)C1. The molecule has 1 atom stereocenters. The molecule has 0 aromatic heterocycles. The summed E-state index contributed by atoms with van der Waals surface area (Å²) in [6.07, 6.45) is 0.520. The van der Waals surface area contributed by atoms with E-state index in [1.165, 1.54) is 12.1 Å². The molecule has 1 aromatic carbocycles. The average molecular weight is 258 g/mol. The summed E-state index contributed by atoms with van der Waals surface area (Å²) in [4.78, 5) is 0. The molecule has 1 aromatic rings. The van der Waals surface area contributed by atoms with Crippen LogP contribution < -0.4 is 11.1 Å². The van der Waals surface area contributed by atoms with Crippen LogP contribution in [0, 0.1) is 5.82 Å². The normalized spacial score (nSPS) is 26.9. The van der Waals surface area contributed by atoms with E-state index in [0.717, 1.165) is 0 Å². The minimum Gasteiger partial charge on any atom is -0.399 e. The molecule has 0 aliphatic carbocycles. The molecule has 17 heavy (non-hydrogen) atoms. The topological polar surface area (TPSA) is 72.2 Å². The van der Waals surface area contributed by atoms with Crippen molar-refractivity contribution in [2.45, 2.75) is 18.9 Å². The standard InChI is InChI=1S/C11H15FN2O2S/c1-11(2-3-17(15,16)7-11)14-10-5-8(12)4-9(13)6-10/h4-6,14H,2-3,7,13H2,1H3. The number of hydrogen-bond donors (Lipinski definition) is 2. The number of halogens is 1. The number of nitrogen functional groups attached to an aromatic ring is 1. The molecule has 3 N–H and O–H groups in total. The Morgan fingerprint density at radius 1 is 1.41 bits per heavy atom. The smallest absolute Gasteiger partial charge is 0.152 e. The van der Waals surface area contributed by atoms with E-state index in [0.29, 0.717) is 17.8 Å². The van der Waals surface area contributed by atoms with Crippen molar-refractivity contribution in [3.63, 3.8) is 0 Å². The van der Waals surface area contributed by atoms with Gasteiger partial charge in [0.15, 0.2) is 9.84 Å². The number of nitrogens with two attached hydrogens (primary N) is 1. The van der Waals surface area contributed by atoms with Gasteiger partial charge in [0, 0.05) is 16.9 Å². The number of sulfone groups is 1. The van der Waals surface area contributed by atoms with Gasteiger partial charge >= 0.3 is 0 Å². The van der Waals surface area contributed by atoms with Crippen LogP contribution in [0.3, 0.4) is 0 Å². The van der Waals surface area contributed by atoms with Gasteiger partial charge in [-0.05, 0) is 31.5 Å². The molecular formula is C11H15FN2O2S. The van der Waals surface area contributed by atoms with Gasteiger partial charge in [0.25, 0.3) is 0 Å². The fourth-order valence-corrected chi connectivity index (χ4v) is 4.24. The summed E-state index contributed by atoms with van der Waals surface area (Å²) in [6, 6.07) is 4.13. The highest BCUT2D eigenvalue weighted by Crippen LogP contribution is 2.28. The number of benzene rings is 1. The largest absolute Gasteiger partial charge is 0.399 e. The van der Waals surface area contributed by atoms with Crippen LogP contribution in [0.15, 0.2) is 18.2 Å². The molecule has 1 aliphatic heterocycles. The van der Waals surface area contributed by atoms with Crippen molar-refractivity contribution >= 4 is 21.2 Å². The van der Waals surface area contributed by atoms with Gasteiger partial charge in [-0.15, -0.1) is 0 Å². The van der Waals surface area contributed by atoms with Crippen molar-refractivity contribution in [3.8, 4) is 0 Å². The predicted molar refractivity (Wildman–Crippen MR) is 66.1 cm³/mol. The van der Waals surface area contributed by atoms with E-state index < -0.39 is 21.2 Å². The van der Waals surface area contributed by atoms with E-state index in [9.17, 15) is 12.8 Å². The van der Waals surface area contributed by atoms with Gasteiger partial charge in [0.1, 0.15) is 5.82 Å². The molecule has 4 nitrogen and oxygen atoms in total. The molecule has 1 heterocycles. The van der Waals surface area contributed by atoms with E-state index in [4.69, 9.17) is 5.73 Å². The molecule has 0 amide bonds. The minimum absolute atomic E-state index is 0.0659. The molecule has 1 saturated heterocycles. The summed E-state index contributed by atoms with van der Waals surface area (Å²) >= 11 is 0. The van der Waals surface area contributed by atoms with Gasteiger partial charge < -0.3 is 11.1 Å². The summed E-state index contributed by atoms with van der Waals surface area (Å²) in [6.45, 7) is 1.82. The molecular weight excluding hydrogens is 243 g/mol. The van der Waals surface area contributed by atoms with Gasteiger partial charge in [-0.1, -0.05) is 0 Å². The second-order valence-corrected chi connectivity index (χ2v) is 6.98. The summed E-state index contributed by atoms with van der Waals surface area (Å²) in [5.41, 5.74) is 5.82. The number of anilines is 2. The van der Waals surface area contributed by atoms with Crippen molar-refractivity contribution in [1.29, 1.82) is 0 Å². The van der Waals surface area contributed by atoms with Crippen molar-refractivity contribution in [2.24, 2.45) is 0 Å². The highest BCUT2D eigenvalue weighted by atomic mass is 32.2. The van der Waals surface area contributed by atoms with Gasteiger partial charge in [-0.25, -0.2) is 12.8 Å². The summed E-state index contributed by atoms with van der Waals surface area (Å²) in [7, 11) is -2.98. The Kier molecular flexibility index (Phi) is 2.77. The van der Waals surface area contributed by atoms with Crippen LogP contribution >= 0.6 is 0 Å². The van der Waals surface area contributed by atoms with E-state index in [1.54, 1.807) is 6.07 Å². The van der Waals surface area contributed by atoms with E-state index in [1.807, 2.05) is 6.92 Å². The Labute approximate surface area is 99.9 Å². The van der Waals surface area contributed by atoms with Crippen LogP contribution in [0.2, 0.25) is 0 Å². The lowest BCUT2D eigenvalue weighted by molar-refractivity contribution is 0.572. The molecule has 1 fully saturated rings. The third-order valence-corrected chi connectivity index (χ3v) is 4.77. The van der Waals surface area contributed by atoms with Crippen molar-refractivity contribution in [3.05, 3.63) is 24.0 Å². The first-order chi connectivity index (χ1) is 7.78. The fraction of sp³-hybridized carbons (Fsp3) is 0.455. The van der Waals surface area contributed by atoms with Crippen LogP contribution in [0.1, 0.15) is 13.3 Å². The lowest BCUT2D eigenvalue weighted by atomic mass is 10.0. The second-order valence-electron chi connectivity index (χ2n) is 4.80. The summed E-state index contributed by atoms with van der Waals surface area (Å²) < 4.78 is 36.0. The fourth-order valence-electron chi connectivity index (χ4n) is 2.14. The molecule has 0 radical (unpaired) electrons. The van der Waals surface area contributed by atoms with Gasteiger partial charge in [0.2, 0.25) is 0 Å². The van der Waals surface area contributed by atoms with E-state index in [-0.39, 0.29) is 11.5 Å². The molecule has 94 valence electrons. The first kappa shape index (κ1) is 12.2.